The van der Waals surface area contributed by atoms with E-state index in [9.17, 15) is 9.59 Å². The van der Waals surface area contributed by atoms with Gasteiger partial charge in [0.2, 0.25) is 11.8 Å². The number of nitrogens with zero attached hydrogens (tertiary/aromatic N) is 2. The van der Waals surface area contributed by atoms with E-state index in [1.807, 2.05) is 13.8 Å². The van der Waals surface area contributed by atoms with Crippen LogP contribution in [0.1, 0.15) is 55.5 Å². The van der Waals surface area contributed by atoms with Crippen molar-refractivity contribution in [2.45, 2.75) is 58.8 Å². The molecule has 1 aromatic heterocycles. The van der Waals surface area contributed by atoms with Crippen LogP contribution >= 0.6 is 11.3 Å². The SMILES string of the molecule is Cc1nc(NC(=O)CN(CCC[NH+](C)C)C(=O)CCC2CCCC2)sc1C. The minimum absolute atomic E-state index is 0.109. The average molecular weight is 396 g/mol. The molecule has 1 heterocycles. The van der Waals surface area contributed by atoms with Crippen LogP contribution in [0, 0.1) is 19.8 Å². The molecule has 2 N–H and O–H groups in total. The van der Waals surface area contributed by atoms with Crippen molar-refractivity contribution < 1.29 is 14.5 Å². The minimum Gasteiger partial charge on any atom is -0.340 e. The van der Waals surface area contributed by atoms with Gasteiger partial charge in [-0.1, -0.05) is 25.7 Å². The number of hydrogen-bond donors (Lipinski definition) is 2. The zero-order valence-corrected chi connectivity index (χ0v) is 18.1. The van der Waals surface area contributed by atoms with Crippen molar-refractivity contribution >= 4 is 28.3 Å². The van der Waals surface area contributed by atoms with Crippen molar-refractivity contribution in [3.05, 3.63) is 10.6 Å². The average Bonchev–Trinajstić information content (AvgIpc) is 3.21. The van der Waals surface area contributed by atoms with E-state index in [1.165, 1.54) is 41.9 Å². The molecule has 1 aliphatic carbocycles. The maximum Gasteiger partial charge on any atom is 0.245 e. The van der Waals surface area contributed by atoms with Gasteiger partial charge in [-0.05, 0) is 26.2 Å². The Morgan fingerprint density at radius 3 is 2.56 bits per heavy atom. The number of quaternary nitrogens is 1. The van der Waals surface area contributed by atoms with Gasteiger partial charge in [-0.15, -0.1) is 11.3 Å². The second kappa shape index (κ2) is 10.8. The van der Waals surface area contributed by atoms with Crippen molar-refractivity contribution in [1.82, 2.24) is 9.88 Å². The molecule has 0 atom stereocenters. The third-order valence-electron chi connectivity index (χ3n) is 5.31. The summed E-state index contributed by atoms with van der Waals surface area (Å²) in [6.45, 7) is 5.66. The number of carbonyl (C=O) groups is 2. The zero-order chi connectivity index (χ0) is 19.8. The standard InChI is InChI=1S/C20H34N4O2S/c1-15-16(2)27-20(21-15)22-18(25)14-24(13-7-12-23(3)4)19(26)11-10-17-8-5-6-9-17/h17H,5-14H2,1-4H3,(H,21,22,25)/p+1. The molecule has 0 saturated heterocycles. The molecule has 1 aliphatic rings. The van der Waals surface area contributed by atoms with E-state index < -0.39 is 0 Å². The first-order valence-corrected chi connectivity index (χ1v) is 11.0. The Hall–Kier alpha value is -1.47. The van der Waals surface area contributed by atoms with Crippen LogP contribution in [-0.4, -0.2) is 55.4 Å². The predicted octanol–water partition coefficient (Wildman–Crippen LogP) is 2.03. The lowest BCUT2D eigenvalue weighted by Crippen LogP contribution is -3.05. The molecule has 2 amide bonds. The Labute approximate surface area is 167 Å². The van der Waals surface area contributed by atoms with E-state index in [2.05, 4.69) is 24.4 Å². The summed E-state index contributed by atoms with van der Waals surface area (Å²) in [5.41, 5.74) is 0.939. The van der Waals surface area contributed by atoms with E-state index in [1.54, 1.807) is 4.90 Å². The highest BCUT2D eigenvalue weighted by Crippen LogP contribution is 2.28. The molecule has 1 fully saturated rings. The molecule has 0 bridgehead atoms. The third kappa shape index (κ3) is 7.58. The van der Waals surface area contributed by atoms with E-state index in [0.29, 0.717) is 24.0 Å². The van der Waals surface area contributed by atoms with Crippen LogP contribution in [0.3, 0.4) is 0 Å². The number of amides is 2. The van der Waals surface area contributed by atoms with Crippen LogP contribution in [0.4, 0.5) is 5.13 Å². The lowest BCUT2D eigenvalue weighted by atomic mass is 10.0. The molecule has 0 aliphatic heterocycles. The second-order valence-electron chi connectivity index (χ2n) is 8.02. The summed E-state index contributed by atoms with van der Waals surface area (Å²) >= 11 is 1.48. The normalized spacial score (nSPS) is 14.7. The molecule has 7 heteroatoms. The van der Waals surface area contributed by atoms with Crippen molar-refractivity contribution in [3.8, 4) is 0 Å². The molecule has 1 saturated carbocycles. The Morgan fingerprint density at radius 2 is 1.96 bits per heavy atom. The van der Waals surface area contributed by atoms with Gasteiger partial charge in [0.1, 0.15) is 0 Å². The molecule has 0 radical (unpaired) electrons. The monoisotopic (exact) mass is 395 g/mol. The molecule has 0 spiro atoms. The van der Waals surface area contributed by atoms with Gasteiger partial charge in [0.25, 0.3) is 0 Å². The van der Waals surface area contributed by atoms with E-state index in [0.717, 1.165) is 30.0 Å². The molecule has 152 valence electrons. The van der Waals surface area contributed by atoms with Crippen molar-refractivity contribution in [1.29, 1.82) is 0 Å². The number of anilines is 1. The molecule has 6 nitrogen and oxygen atoms in total. The summed E-state index contributed by atoms with van der Waals surface area (Å²) in [5.74, 6) is 0.643. The maximum absolute atomic E-state index is 12.7. The molecular formula is C20H35N4O2S+. The fraction of sp³-hybridized carbons (Fsp3) is 0.750. The van der Waals surface area contributed by atoms with Crippen LogP contribution in [0.25, 0.3) is 0 Å². The summed E-state index contributed by atoms with van der Waals surface area (Å²) in [4.78, 5) is 33.8. The molecule has 1 aromatic rings. The second-order valence-corrected chi connectivity index (χ2v) is 9.23. The smallest absolute Gasteiger partial charge is 0.245 e. The molecule has 0 aromatic carbocycles. The number of thiazole rings is 1. The van der Waals surface area contributed by atoms with Crippen molar-refractivity contribution in [2.75, 3.05) is 39.0 Å². The van der Waals surface area contributed by atoms with Crippen LogP contribution in [0.15, 0.2) is 0 Å². The number of aryl methyl sites for hydroxylation is 2. The fourth-order valence-electron chi connectivity index (χ4n) is 3.56. The Morgan fingerprint density at radius 1 is 1.26 bits per heavy atom. The first-order valence-electron chi connectivity index (χ1n) is 10.2. The Bertz CT molecular complexity index is 604. The largest absolute Gasteiger partial charge is 0.340 e. The highest BCUT2D eigenvalue weighted by Gasteiger charge is 2.21. The molecule has 0 unspecified atom stereocenters. The minimum atomic E-state index is -0.157. The highest BCUT2D eigenvalue weighted by atomic mass is 32.1. The molecule has 2 rings (SSSR count). The van der Waals surface area contributed by atoms with Gasteiger partial charge in [0, 0.05) is 24.3 Å². The maximum atomic E-state index is 12.7. The summed E-state index contributed by atoms with van der Waals surface area (Å²) in [6.07, 6.45) is 7.51. The van der Waals surface area contributed by atoms with Crippen LogP contribution in [-0.2, 0) is 9.59 Å². The first-order chi connectivity index (χ1) is 12.8. The molecular weight excluding hydrogens is 360 g/mol. The van der Waals surface area contributed by atoms with E-state index in [4.69, 9.17) is 0 Å². The van der Waals surface area contributed by atoms with Gasteiger partial charge < -0.3 is 15.1 Å². The molecule has 27 heavy (non-hydrogen) atoms. The van der Waals surface area contributed by atoms with Crippen molar-refractivity contribution in [2.24, 2.45) is 5.92 Å². The third-order valence-corrected chi connectivity index (χ3v) is 6.30. The summed E-state index contributed by atoms with van der Waals surface area (Å²) in [7, 11) is 4.21. The van der Waals surface area contributed by atoms with Crippen molar-refractivity contribution in [3.63, 3.8) is 0 Å². The van der Waals surface area contributed by atoms with Gasteiger partial charge in [0.05, 0.1) is 32.9 Å². The number of rotatable bonds is 10. The van der Waals surface area contributed by atoms with Gasteiger partial charge >= 0.3 is 0 Å². The van der Waals surface area contributed by atoms with Gasteiger partial charge in [-0.25, -0.2) is 4.98 Å². The number of aromatic nitrogens is 1. The van der Waals surface area contributed by atoms with Crippen LogP contribution in [0.5, 0.6) is 0 Å². The Balaban J connectivity index is 1.88. The van der Waals surface area contributed by atoms with Crippen LogP contribution in [0.2, 0.25) is 0 Å². The zero-order valence-electron chi connectivity index (χ0n) is 17.3. The van der Waals surface area contributed by atoms with Crippen LogP contribution < -0.4 is 10.2 Å². The van der Waals surface area contributed by atoms with E-state index >= 15 is 0 Å². The number of carbonyl (C=O) groups excluding carboxylic acids is 2. The summed E-state index contributed by atoms with van der Waals surface area (Å²) < 4.78 is 0. The first kappa shape index (κ1) is 21.8. The number of nitrogens with one attached hydrogen (secondary N) is 2. The topological polar surface area (TPSA) is 66.7 Å². The van der Waals surface area contributed by atoms with E-state index in [-0.39, 0.29) is 18.4 Å². The van der Waals surface area contributed by atoms with Gasteiger partial charge in [0.15, 0.2) is 5.13 Å². The summed E-state index contributed by atoms with van der Waals surface area (Å²) in [6, 6.07) is 0. The fourth-order valence-corrected chi connectivity index (χ4v) is 4.39. The lowest BCUT2D eigenvalue weighted by Gasteiger charge is -2.23. The highest BCUT2D eigenvalue weighted by molar-refractivity contribution is 7.15. The number of hydrogen-bond acceptors (Lipinski definition) is 4. The predicted molar refractivity (Wildman–Crippen MR) is 110 cm³/mol. The quantitative estimate of drug-likeness (QED) is 0.637. The lowest BCUT2D eigenvalue weighted by molar-refractivity contribution is -0.858. The van der Waals surface area contributed by atoms with Gasteiger partial charge in [-0.2, -0.15) is 0 Å². The Kier molecular flexibility index (Phi) is 8.70. The van der Waals surface area contributed by atoms with Gasteiger partial charge in [-0.3, -0.25) is 9.59 Å². The summed E-state index contributed by atoms with van der Waals surface area (Å²) in [5, 5.41) is 3.47.